The van der Waals surface area contributed by atoms with Crippen molar-refractivity contribution >= 4 is 30.3 Å². The van der Waals surface area contributed by atoms with Gasteiger partial charge in [0.05, 0.1) is 6.54 Å². The fourth-order valence-corrected chi connectivity index (χ4v) is 0.669. The van der Waals surface area contributed by atoms with E-state index < -0.39 is 18.0 Å². The molecule has 0 spiro atoms. The Hall–Kier alpha value is -1.58. The van der Waals surface area contributed by atoms with E-state index in [1.54, 1.807) is 0 Å². The van der Waals surface area contributed by atoms with Gasteiger partial charge in [-0.3, -0.25) is 15.0 Å². The Labute approximate surface area is 111 Å². The number of carboxylic acid groups (broad SMARTS) is 2. The van der Waals surface area contributed by atoms with Crippen LogP contribution in [0.25, 0.3) is 0 Å². The molecular formula is C8H20ClN5O4. The van der Waals surface area contributed by atoms with Crippen molar-refractivity contribution in [2.24, 2.45) is 17.2 Å². The lowest BCUT2D eigenvalue weighted by Crippen LogP contribution is -2.34. The largest absolute Gasteiger partial charge is 0.480 e. The van der Waals surface area contributed by atoms with Crippen LogP contribution in [0.2, 0.25) is 0 Å². The molecule has 0 rings (SSSR count). The first-order valence-electron chi connectivity index (χ1n) is 4.79. The van der Waals surface area contributed by atoms with Crippen molar-refractivity contribution in [3.05, 3.63) is 0 Å². The van der Waals surface area contributed by atoms with Gasteiger partial charge >= 0.3 is 11.9 Å². The third-order valence-electron chi connectivity index (χ3n) is 1.50. The Balaban J connectivity index is -0.000000321. The summed E-state index contributed by atoms with van der Waals surface area (Å²) in [6, 6.07) is -0.821. The predicted molar refractivity (Wildman–Crippen MR) is 68.7 cm³/mol. The van der Waals surface area contributed by atoms with Gasteiger partial charge in [0, 0.05) is 6.54 Å². The van der Waals surface area contributed by atoms with E-state index in [9.17, 15) is 9.59 Å². The molecule has 0 saturated heterocycles. The Bertz CT molecular complexity index is 264. The van der Waals surface area contributed by atoms with Gasteiger partial charge in [-0.25, -0.2) is 0 Å². The van der Waals surface area contributed by atoms with Crippen molar-refractivity contribution in [2.45, 2.75) is 18.9 Å². The molecule has 0 fully saturated rings. The highest BCUT2D eigenvalue weighted by Gasteiger charge is 2.09. The molecule has 0 aliphatic heterocycles. The Morgan fingerprint density at radius 1 is 1.33 bits per heavy atom. The molecule has 0 aromatic rings. The predicted octanol–water partition coefficient (Wildman–Crippen LogP) is -1.89. The maximum absolute atomic E-state index is 10.2. The van der Waals surface area contributed by atoms with Crippen LogP contribution in [0, 0.1) is 5.41 Å². The highest BCUT2D eigenvalue weighted by atomic mass is 35.5. The summed E-state index contributed by atoms with van der Waals surface area (Å²) >= 11 is 0. The van der Waals surface area contributed by atoms with Gasteiger partial charge in [-0.15, -0.1) is 12.4 Å². The molecule has 0 aliphatic rings. The van der Waals surface area contributed by atoms with Crippen molar-refractivity contribution in [1.82, 2.24) is 5.32 Å². The number of hydrogen-bond donors (Lipinski definition) is 7. The number of rotatable bonds is 6. The minimum absolute atomic E-state index is 0. The minimum Gasteiger partial charge on any atom is -0.480 e. The van der Waals surface area contributed by atoms with Gasteiger partial charge in [0.1, 0.15) is 6.04 Å². The van der Waals surface area contributed by atoms with E-state index in [4.69, 9.17) is 27.1 Å². The summed E-state index contributed by atoms with van der Waals surface area (Å²) in [5.41, 5.74) is 14.8. The van der Waals surface area contributed by atoms with Crippen LogP contribution in [0.5, 0.6) is 0 Å². The van der Waals surface area contributed by atoms with Crippen LogP contribution >= 0.6 is 12.4 Å². The van der Waals surface area contributed by atoms with Gasteiger partial charge in [-0.1, -0.05) is 0 Å². The number of hydrogen-bond acceptors (Lipinski definition) is 5. The lowest BCUT2D eigenvalue weighted by atomic mass is 10.2. The maximum Gasteiger partial charge on any atom is 0.320 e. The van der Waals surface area contributed by atoms with Crippen LogP contribution in [0.1, 0.15) is 12.8 Å². The summed E-state index contributed by atoms with van der Waals surface area (Å²) in [4.78, 5) is 19.5. The number of carbonyl (C=O) groups is 2. The van der Waals surface area contributed by atoms with Gasteiger partial charge < -0.3 is 32.7 Å². The summed E-state index contributed by atoms with van der Waals surface area (Å²) in [5, 5.41) is 25.3. The van der Waals surface area contributed by atoms with E-state index in [-0.39, 0.29) is 24.9 Å². The Morgan fingerprint density at radius 3 is 2.06 bits per heavy atom. The molecule has 10 heteroatoms. The van der Waals surface area contributed by atoms with E-state index in [1.165, 1.54) is 0 Å². The van der Waals surface area contributed by atoms with Crippen molar-refractivity contribution in [3.63, 3.8) is 0 Å². The minimum atomic E-state index is -1.00. The molecule has 0 bridgehead atoms. The summed E-state index contributed by atoms with van der Waals surface area (Å²) < 4.78 is 0. The monoisotopic (exact) mass is 285 g/mol. The van der Waals surface area contributed by atoms with E-state index in [2.05, 4.69) is 11.1 Å². The second kappa shape index (κ2) is 13.5. The van der Waals surface area contributed by atoms with Crippen molar-refractivity contribution in [3.8, 4) is 0 Å². The van der Waals surface area contributed by atoms with E-state index in [0.717, 1.165) is 0 Å². The average molecular weight is 286 g/mol. The standard InChI is InChI=1S/C6H14N4O2.C2H5NO2.ClH/c7-4(5(11)12)2-1-3-10-6(8)9;3-1-2(4)5;/h4H,1-3,7H2,(H,11,12)(H4,8,9,10);1,3H2,(H,4,5);1H. The molecule has 0 saturated carbocycles. The maximum atomic E-state index is 10.2. The smallest absolute Gasteiger partial charge is 0.320 e. The molecule has 0 aromatic carbocycles. The summed E-state index contributed by atoms with van der Waals surface area (Å²) in [7, 11) is 0. The molecule has 0 heterocycles. The van der Waals surface area contributed by atoms with Crippen LogP contribution in [0.4, 0.5) is 0 Å². The molecule has 1 unspecified atom stereocenters. The molecule has 18 heavy (non-hydrogen) atoms. The topological polar surface area (TPSA) is 189 Å². The van der Waals surface area contributed by atoms with Crippen LogP contribution in [0.15, 0.2) is 0 Å². The average Bonchev–Trinajstić information content (AvgIpc) is 2.24. The third-order valence-corrected chi connectivity index (χ3v) is 1.50. The molecular weight excluding hydrogens is 266 g/mol. The number of halogens is 1. The highest BCUT2D eigenvalue weighted by Crippen LogP contribution is 1.92. The van der Waals surface area contributed by atoms with E-state index in [0.29, 0.717) is 19.4 Å². The first-order chi connectivity index (χ1) is 7.81. The quantitative estimate of drug-likeness (QED) is 0.167. The molecule has 108 valence electrons. The first kappa shape index (κ1) is 21.7. The van der Waals surface area contributed by atoms with Gasteiger partial charge in [0.25, 0.3) is 0 Å². The van der Waals surface area contributed by atoms with Gasteiger partial charge in [-0.05, 0) is 12.8 Å². The van der Waals surface area contributed by atoms with Crippen LogP contribution < -0.4 is 22.5 Å². The van der Waals surface area contributed by atoms with Crippen molar-refractivity contribution < 1.29 is 19.8 Å². The zero-order chi connectivity index (χ0) is 13.8. The molecule has 1 atom stereocenters. The zero-order valence-electron chi connectivity index (χ0n) is 9.76. The van der Waals surface area contributed by atoms with Gasteiger partial charge in [0.15, 0.2) is 5.96 Å². The fourth-order valence-electron chi connectivity index (χ4n) is 0.669. The molecule has 0 aromatic heterocycles. The number of guanidine groups is 1. The summed E-state index contributed by atoms with van der Waals surface area (Å²) in [6.45, 7) is 0.205. The normalized spacial score (nSPS) is 10.1. The van der Waals surface area contributed by atoms with Crippen molar-refractivity contribution in [1.29, 1.82) is 5.41 Å². The van der Waals surface area contributed by atoms with Crippen LogP contribution in [-0.4, -0.2) is 47.2 Å². The van der Waals surface area contributed by atoms with Crippen LogP contribution in [-0.2, 0) is 9.59 Å². The lowest BCUT2D eigenvalue weighted by molar-refractivity contribution is -0.138. The fraction of sp³-hybridized carbons (Fsp3) is 0.625. The molecule has 10 N–H and O–H groups in total. The van der Waals surface area contributed by atoms with E-state index in [1.807, 2.05) is 0 Å². The zero-order valence-corrected chi connectivity index (χ0v) is 10.6. The second-order valence-corrected chi connectivity index (χ2v) is 3.03. The lowest BCUT2D eigenvalue weighted by Gasteiger charge is -2.06. The van der Waals surface area contributed by atoms with Crippen molar-refractivity contribution in [2.75, 3.05) is 13.1 Å². The molecule has 9 nitrogen and oxygen atoms in total. The highest BCUT2D eigenvalue weighted by molar-refractivity contribution is 5.85. The first-order valence-corrected chi connectivity index (χ1v) is 4.79. The number of nitrogens with one attached hydrogen (secondary N) is 2. The van der Waals surface area contributed by atoms with Gasteiger partial charge in [0.2, 0.25) is 0 Å². The van der Waals surface area contributed by atoms with E-state index >= 15 is 0 Å². The second-order valence-electron chi connectivity index (χ2n) is 3.03. The Kier molecular flexibility index (Phi) is 16.2. The molecule has 0 amide bonds. The van der Waals surface area contributed by atoms with Crippen LogP contribution in [0.3, 0.4) is 0 Å². The number of aliphatic carboxylic acids is 2. The third kappa shape index (κ3) is 19.9. The number of carboxylic acids is 2. The number of nitrogens with two attached hydrogens (primary N) is 3. The molecule has 0 radical (unpaired) electrons. The SMILES string of the molecule is Cl.N=C(N)NCCCC(N)C(=O)O.NCC(=O)O. The summed E-state index contributed by atoms with van der Waals surface area (Å²) in [6.07, 6.45) is 0.975. The Morgan fingerprint density at radius 2 is 1.78 bits per heavy atom. The van der Waals surface area contributed by atoms with Gasteiger partial charge in [-0.2, -0.15) is 0 Å². The summed E-state index contributed by atoms with van der Waals surface area (Å²) in [5.74, 6) is -2.08. The molecule has 0 aliphatic carbocycles.